The lowest BCUT2D eigenvalue weighted by Gasteiger charge is -2.40. The molecule has 1 heterocycles. The van der Waals surface area contributed by atoms with Crippen LogP contribution in [-0.4, -0.2) is 89.2 Å². The third kappa shape index (κ3) is 44.9. The van der Waals surface area contributed by atoms with Crippen molar-refractivity contribution in [2.45, 2.75) is 250 Å². The number of carbonyl (C=O) groups excluding carboxylic acids is 3. The Balaban J connectivity index is 2.76. The molecule has 1 saturated heterocycles. The quantitative estimate of drug-likeness (QED) is 0.0228. The Hall–Kier alpha value is -5.40. The maximum absolute atomic E-state index is 13.1. The molecule has 3 N–H and O–H groups in total. The number of aliphatic hydroxyl groups excluding tert-OH is 2. The van der Waals surface area contributed by atoms with E-state index in [1.165, 1.54) is 19.3 Å². The van der Waals surface area contributed by atoms with E-state index >= 15 is 0 Å². The molecule has 0 saturated carbocycles. The van der Waals surface area contributed by atoms with Crippen molar-refractivity contribution in [3.8, 4) is 0 Å². The molecule has 6 atom stereocenters. The second-order valence-electron chi connectivity index (χ2n) is 20.2. The van der Waals surface area contributed by atoms with Gasteiger partial charge in [0, 0.05) is 12.8 Å². The van der Waals surface area contributed by atoms with Gasteiger partial charge in [0.1, 0.15) is 18.8 Å². The van der Waals surface area contributed by atoms with Crippen LogP contribution < -0.4 is 0 Å². The van der Waals surface area contributed by atoms with Crippen LogP contribution in [0, 0.1) is 0 Å². The van der Waals surface area contributed by atoms with E-state index in [1.54, 1.807) is 6.08 Å². The third-order valence-corrected chi connectivity index (χ3v) is 12.9. The van der Waals surface area contributed by atoms with Crippen molar-refractivity contribution in [2.75, 3.05) is 13.2 Å². The first-order valence-electron chi connectivity index (χ1n) is 30.8. The Morgan fingerprint density at radius 2 is 0.815 bits per heavy atom. The van der Waals surface area contributed by atoms with Gasteiger partial charge in [0.2, 0.25) is 0 Å². The van der Waals surface area contributed by atoms with Gasteiger partial charge in [-0.05, 0) is 122 Å². The predicted octanol–water partition coefficient (Wildman–Crippen LogP) is 16.3. The molecule has 0 bridgehead atoms. The normalized spacial score (nSPS) is 18.8. The molecule has 1 rings (SSSR count). The van der Waals surface area contributed by atoms with Crippen molar-refractivity contribution in [2.24, 2.45) is 0 Å². The van der Waals surface area contributed by atoms with Gasteiger partial charge in [-0.3, -0.25) is 14.4 Å². The van der Waals surface area contributed by atoms with E-state index in [0.29, 0.717) is 19.3 Å². The summed E-state index contributed by atoms with van der Waals surface area (Å²) in [4.78, 5) is 51.2. The van der Waals surface area contributed by atoms with E-state index in [2.05, 4.69) is 142 Å². The molecule has 12 heteroatoms. The number of aliphatic hydroxyl groups is 2. The summed E-state index contributed by atoms with van der Waals surface area (Å²) in [5.41, 5.74) is 0. The molecule has 81 heavy (non-hydrogen) atoms. The number of allylic oxidation sites excluding steroid dienone is 23. The molecule has 454 valence electrons. The summed E-state index contributed by atoms with van der Waals surface area (Å²) in [7, 11) is 0. The van der Waals surface area contributed by atoms with Gasteiger partial charge in [0.15, 0.2) is 24.6 Å². The van der Waals surface area contributed by atoms with Crippen LogP contribution in [0.4, 0.5) is 0 Å². The van der Waals surface area contributed by atoms with Crippen LogP contribution in [0.15, 0.2) is 146 Å². The number of carboxylic acid groups (broad SMARTS) is 1. The number of hydrogen-bond donors (Lipinski definition) is 3. The molecule has 6 unspecified atom stereocenters. The Morgan fingerprint density at radius 3 is 1.26 bits per heavy atom. The van der Waals surface area contributed by atoms with Crippen molar-refractivity contribution in [3.63, 3.8) is 0 Å². The lowest BCUT2D eigenvalue weighted by atomic mass is 9.98. The first-order valence-corrected chi connectivity index (χ1v) is 30.8. The standard InChI is InChI=1S/C69H106O12/c1-4-7-10-13-16-19-22-25-28-30-31-33-35-37-40-43-46-49-52-55-61(70)77-58-60(79-62(71)56-53-50-47-44-41-38-34-27-24-21-18-15-12-9-6-3)59-78-69-67(65(74)64(73)66(81-69)68(75)76)80-63(72)57-54-51-48-45-42-39-36-32-29-26-23-20-17-14-11-8-5-2/h7,9-10,12,16-21,25-29,31,33-34,37,40-41,44,50,53,60,64-67,69,73-74H,4-6,8,11,13-15,22-24,30,32,35-36,38-39,42-43,45-49,51-52,54-59H2,1-3H3,(H,75,76)/b10-7-,12-9-,19-16-,20-17-,21-18-,28-25-,29-26-,33-31-,34-27-,40-37-,44-41-,53-50-. The molecule has 1 fully saturated rings. The molecule has 1 aliphatic heterocycles. The first-order chi connectivity index (χ1) is 39.6. The summed E-state index contributed by atoms with van der Waals surface area (Å²) in [5, 5.41) is 31.5. The van der Waals surface area contributed by atoms with Crippen LogP contribution in [0.3, 0.4) is 0 Å². The molecular weight excluding hydrogens is 1020 g/mol. The molecule has 0 aromatic carbocycles. The maximum atomic E-state index is 13.1. The van der Waals surface area contributed by atoms with Crippen molar-refractivity contribution in [1.82, 2.24) is 0 Å². The minimum atomic E-state index is -1.93. The van der Waals surface area contributed by atoms with E-state index < -0.39 is 67.3 Å². The topological polar surface area (TPSA) is 175 Å². The lowest BCUT2D eigenvalue weighted by molar-refractivity contribution is -0.301. The molecule has 0 aliphatic carbocycles. The molecule has 0 amide bonds. The molecular formula is C69H106O12. The fourth-order valence-corrected chi connectivity index (χ4v) is 8.26. The molecule has 0 spiro atoms. The Kier molecular flexibility index (Phi) is 50.1. The summed E-state index contributed by atoms with van der Waals surface area (Å²) in [6, 6.07) is 0. The number of carbonyl (C=O) groups is 4. The Bertz CT molecular complexity index is 1960. The minimum Gasteiger partial charge on any atom is -0.479 e. The highest BCUT2D eigenvalue weighted by Gasteiger charge is 2.50. The Labute approximate surface area is 489 Å². The zero-order valence-electron chi connectivity index (χ0n) is 50.0. The van der Waals surface area contributed by atoms with Crippen molar-refractivity contribution in [3.05, 3.63) is 146 Å². The second-order valence-corrected chi connectivity index (χ2v) is 20.2. The van der Waals surface area contributed by atoms with E-state index in [-0.39, 0.29) is 25.9 Å². The Morgan fingerprint density at radius 1 is 0.432 bits per heavy atom. The minimum absolute atomic E-state index is 0.0294. The number of hydrogen-bond acceptors (Lipinski definition) is 11. The van der Waals surface area contributed by atoms with Gasteiger partial charge in [0.25, 0.3) is 0 Å². The third-order valence-electron chi connectivity index (χ3n) is 12.9. The average molecular weight is 1130 g/mol. The van der Waals surface area contributed by atoms with Gasteiger partial charge in [-0.2, -0.15) is 0 Å². The zero-order chi connectivity index (χ0) is 58.9. The first kappa shape index (κ1) is 73.6. The zero-order valence-corrected chi connectivity index (χ0v) is 50.0. The van der Waals surface area contributed by atoms with Crippen molar-refractivity contribution in [1.29, 1.82) is 0 Å². The SMILES string of the molecule is CC/C=C\C/C=C\C/C=C\C/C=C\C/C=C\CCCCCC(=O)OCC(COC1OC(C(=O)O)C(O)C(O)C1OC(=O)CCCCCCCCC/C=C\C/C=C\CCCCC)OC(=O)C/C=C\C/C=C\C/C=C\C/C=C\C/C=C\CC. The van der Waals surface area contributed by atoms with Crippen molar-refractivity contribution < 1.29 is 58.2 Å². The number of ether oxygens (including phenoxy) is 5. The van der Waals surface area contributed by atoms with E-state index in [1.807, 2.05) is 18.2 Å². The summed E-state index contributed by atoms with van der Waals surface area (Å²) in [6.07, 6.45) is 66.9. The highest BCUT2D eigenvalue weighted by molar-refractivity contribution is 5.74. The number of esters is 3. The predicted molar refractivity (Wildman–Crippen MR) is 330 cm³/mol. The van der Waals surface area contributed by atoms with Gasteiger partial charge in [-0.15, -0.1) is 0 Å². The largest absolute Gasteiger partial charge is 0.479 e. The van der Waals surface area contributed by atoms with Gasteiger partial charge < -0.3 is 39.0 Å². The summed E-state index contributed by atoms with van der Waals surface area (Å²) >= 11 is 0. The molecule has 1 aliphatic rings. The van der Waals surface area contributed by atoms with Crippen LogP contribution >= 0.6 is 0 Å². The van der Waals surface area contributed by atoms with Gasteiger partial charge >= 0.3 is 23.9 Å². The molecule has 12 nitrogen and oxygen atoms in total. The summed E-state index contributed by atoms with van der Waals surface area (Å²) < 4.78 is 28.3. The monoisotopic (exact) mass is 1130 g/mol. The summed E-state index contributed by atoms with van der Waals surface area (Å²) in [6.45, 7) is 5.61. The molecule has 0 aromatic rings. The summed E-state index contributed by atoms with van der Waals surface area (Å²) in [5.74, 6) is -3.36. The van der Waals surface area contributed by atoms with Crippen LogP contribution in [0.5, 0.6) is 0 Å². The van der Waals surface area contributed by atoms with E-state index in [0.717, 1.165) is 135 Å². The average Bonchev–Trinajstić information content (AvgIpc) is 3.53. The van der Waals surface area contributed by atoms with E-state index in [4.69, 9.17) is 23.7 Å². The number of carboxylic acids is 1. The second kappa shape index (κ2) is 55.2. The fraction of sp³-hybridized carbons (Fsp3) is 0.594. The van der Waals surface area contributed by atoms with Gasteiger partial charge in [-0.1, -0.05) is 218 Å². The smallest absolute Gasteiger partial charge is 0.335 e. The molecule has 0 radical (unpaired) electrons. The highest BCUT2D eigenvalue weighted by Crippen LogP contribution is 2.26. The van der Waals surface area contributed by atoms with E-state index in [9.17, 15) is 34.5 Å². The van der Waals surface area contributed by atoms with Crippen molar-refractivity contribution >= 4 is 23.9 Å². The number of aliphatic carboxylic acids is 1. The van der Waals surface area contributed by atoms with Crippen LogP contribution in [0.2, 0.25) is 0 Å². The fourth-order valence-electron chi connectivity index (χ4n) is 8.26. The van der Waals surface area contributed by atoms with Crippen LogP contribution in [-0.2, 0) is 42.9 Å². The number of rotatable bonds is 50. The van der Waals surface area contributed by atoms with Gasteiger partial charge in [-0.25, -0.2) is 4.79 Å². The maximum Gasteiger partial charge on any atom is 0.335 e. The van der Waals surface area contributed by atoms with Crippen LogP contribution in [0.25, 0.3) is 0 Å². The van der Waals surface area contributed by atoms with Crippen LogP contribution in [0.1, 0.15) is 213 Å². The lowest BCUT2D eigenvalue weighted by Crippen LogP contribution is -2.61. The number of unbranched alkanes of at least 4 members (excludes halogenated alkanes) is 13. The molecule has 0 aromatic heterocycles. The highest BCUT2D eigenvalue weighted by atomic mass is 16.7. The van der Waals surface area contributed by atoms with Gasteiger partial charge in [0.05, 0.1) is 13.0 Å².